The Morgan fingerprint density at radius 3 is 1.95 bits per heavy atom. The van der Waals surface area contributed by atoms with Gasteiger partial charge >= 0.3 is 0 Å². The molecule has 0 bridgehead atoms. The molecule has 0 atom stereocenters. The second-order valence-electron chi connectivity index (χ2n) is 5.85. The van der Waals surface area contributed by atoms with Gasteiger partial charge in [-0.3, -0.25) is 0 Å². The van der Waals surface area contributed by atoms with Crippen LogP contribution in [0.5, 0.6) is 11.5 Å². The lowest BCUT2D eigenvalue weighted by molar-refractivity contribution is 0.394. The third-order valence-electron chi connectivity index (χ3n) is 3.12. The molecule has 0 spiro atoms. The van der Waals surface area contributed by atoms with Crippen molar-refractivity contribution in [3.05, 3.63) is 30.0 Å². The van der Waals surface area contributed by atoms with E-state index < -0.39 is 0 Å². The van der Waals surface area contributed by atoms with E-state index in [1.807, 2.05) is 12.1 Å². The van der Waals surface area contributed by atoms with Gasteiger partial charge in [-0.1, -0.05) is 20.8 Å². The fourth-order valence-electron chi connectivity index (χ4n) is 1.92. The van der Waals surface area contributed by atoms with E-state index in [9.17, 15) is 0 Å². The summed E-state index contributed by atoms with van der Waals surface area (Å²) in [5, 5.41) is 0. The molecule has 0 fully saturated rings. The predicted molar refractivity (Wildman–Crippen MR) is 83.7 cm³/mol. The van der Waals surface area contributed by atoms with Crippen LogP contribution in [0.25, 0.3) is 11.4 Å². The van der Waals surface area contributed by atoms with Crippen LogP contribution in [0.2, 0.25) is 0 Å². The van der Waals surface area contributed by atoms with Crippen molar-refractivity contribution in [2.75, 3.05) is 20.0 Å². The van der Waals surface area contributed by atoms with Gasteiger partial charge in [-0.25, -0.2) is 9.97 Å². The second kappa shape index (κ2) is 5.60. The van der Waals surface area contributed by atoms with Crippen LogP contribution in [0, 0.1) is 0 Å². The number of aromatic nitrogens is 2. The maximum Gasteiger partial charge on any atom is 0.162 e. The van der Waals surface area contributed by atoms with Crippen molar-refractivity contribution in [2.45, 2.75) is 26.2 Å². The Morgan fingerprint density at radius 1 is 0.905 bits per heavy atom. The van der Waals surface area contributed by atoms with Crippen LogP contribution in [-0.4, -0.2) is 24.2 Å². The first-order valence-corrected chi connectivity index (χ1v) is 6.72. The van der Waals surface area contributed by atoms with Gasteiger partial charge in [0.2, 0.25) is 0 Å². The lowest BCUT2D eigenvalue weighted by Gasteiger charge is -2.19. The summed E-state index contributed by atoms with van der Waals surface area (Å²) in [6.07, 6.45) is 0. The number of rotatable bonds is 3. The predicted octanol–water partition coefficient (Wildman–Crippen LogP) is 3.04. The molecule has 5 nitrogen and oxygen atoms in total. The average molecular weight is 287 g/mol. The molecular weight excluding hydrogens is 266 g/mol. The van der Waals surface area contributed by atoms with Crippen LogP contribution in [0.4, 0.5) is 5.82 Å². The Morgan fingerprint density at radius 2 is 1.48 bits per heavy atom. The molecule has 5 heteroatoms. The van der Waals surface area contributed by atoms with E-state index in [1.165, 1.54) is 0 Å². The number of benzene rings is 1. The number of nitrogens with zero attached hydrogens (tertiary/aromatic N) is 2. The molecule has 21 heavy (non-hydrogen) atoms. The van der Waals surface area contributed by atoms with Gasteiger partial charge in [-0.15, -0.1) is 0 Å². The molecule has 112 valence electrons. The van der Waals surface area contributed by atoms with Crippen molar-refractivity contribution in [1.29, 1.82) is 0 Å². The first-order chi connectivity index (χ1) is 9.83. The topological polar surface area (TPSA) is 70.3 Å². The van der Waals surface area contributed by atoms with Crippen LogP contribution in [0.3, 0.4) is 0 Å². The van der Waals surface area contributed by atoms with Gasteiger partial charge in [0.1, 0.15) is 17.3 Å². The summed E-state index contributed by atoms with van der Waals surface area (Å²) < 4.78 is 10.6. The fourth-order valence-corrected chi connectivity index (χ4v) is 1.92. The Hall–Kier alpha value is -2.30. The summed E-state index contributed by atoms with van der Waals surface area (Å²) in [6.45, 7) is 6.26. The quantitative estimate of drug-likeness (QED) is 0.939. The molecule has 1 aromatic heterocycles. The molecule has 0 unspecified atom stereocenters. The highest BCUT2D eigenvalue weighted by Gasteiger charge is 2.18. The highest BCUT2D eigenvalue weighted by molar-refractivity contribution is 5.62. The van der Waals surface area contributed by atoms with E-state index in [4.69, 9.17) is 15.2 Å². The van der Waals surface area contributed by atoms with Gasteiger partial charge in [0.15, 0.2) is 5.82 Å². The molecule has 0 radical (unpaired) electrons. The largest absolute Gasteiger partial charge is 0.497 e. The van der Waals surface area contributed by atoms with Crippen LogP contribution in [0.1, 0.15) is 26.5 Å². The SMILES string of the molecule is COc1cc(OC)cc(-c2nc(N)cc(C(C)(C)C)n2)c1. The summed E-state index contributed by atoms with van der Waals surface area (Å²) in [6, 6.07) is 7.34. The van der Waals surface area contributed by atoms with Crippen molar-refractivity contribution >= 4 is 5.82 Å². The molecule has 0 saturated carbocycles. The lowest BCUT2D eigenvalue weighted by Crippen LogP contribution is -2.15. The molecule has 0 aliphatic carbocycles. The van der Waals surface area contributed by atoms with Crippen molar-refractivity contribution < 1.29 is 9.47 Å². The van der Waals surface area contributed by atoms with Crippen LogP contribution in [-0.2, 0) is 5.41 Å². The molecule has 0 amide bonds. The molecule has 1 heterocycles. The Balaban J connectivity index is 2.58. The highest BCUT2D eigenvalue weighted by atomic mass is 16.5. The third-order valence-corrected chi connectivity index (χ3v) is 3.12. The number of hydrogen-bond acceptors (Lipinski definition) is 5. The molecule has 0 aliphatic heterocycles. The van der Waals surface area contributed by atoms with Gasteiger partial charge in [0.25, 0.3) is 0 Å². The number of ether oxygens (including phenoxy) is 2. The Bertz CT molecular complexity index is 626. The minimum Gasteiger partial charge on any atom is -0.497 e. The fraction of sp³-hybridized carbons (Fsp3) is 0.375. The second-order valence-corrected chi connectivity index (χ2v) is 5.85. The first kappa shape index (κ1) is 15.1. The molecule has 2 N–H and O–H groups in total. The molecule has 0 saturated heterocycles. The molecule has 1 aromatic carbocycles. The number of nitrogen functional groups attached to an aromatic ring is 1. The van der Waals surface area contributed by atoms with Crippen LogP contribution < -0.4 is 15.2 Å². The maximum absolute atomic E-state index is 5.92. The van der Waals surface area contributed by atoms with E-state index >= 15 is 0 Å². The van der Waals surface area contributed by atoms with Gasteiger partial charge in [0.05, 0.1) is 19.9 Å². The van der Waals surface area contributed by atoms with E-state index in [0.717, 1.165) is 11.3 Å². The van der Waals surface area contributed by atoms with E-state index in [2.05, 4.69) is 30.7 Å². The van der Waals surface area contributed by atoms with E-state index in [0.29, 0.717) is 23.1 Å². The van der Waals surface area contributed by atoms with Gasteiger partial charge in [-0.05, 0) is 12.1 Å². The lowest BCUT2D eigenvalue weighted by atomic mass is 9.92. The summed E-state index contributed by atoms with van der Waals surface area (Å²) >= 11 is 0. The van der Waals surface area contributed by atoms with Crippen LogP contribution in [0.15, 0.2) is 24.3 Å². The molecule has 2 aromatic rings. The number of anilines is 1. The Labute approximate surface area is 125 Å². The standard InChI is InChI=1S/C16H21N3O2/c1-16(2,3)13-9-14(17)19-15(18-13)10-6-11(20-4)8-12(7-10)21-5/h6-9H,1-5H3,(H2,17,18,19). The van der Waals surface area contributed by atoms with Crippen molar-refractivity contribution in [3.8, 4) is 22.9 Å². The number of methoxy groups -OCH3 is 2. The van der Waals surface area contributed by atoms with Crippen molar-refractivity contribution in [1.82, 2.24) is 9.97 Å². The normalized spacial score (nSPS) is 11.3. The van der Waals surface area contributed by atoms with E-state index in [1.54, 1.807) is 26.4 Å². The third kappa shape index (κ3) is 3.42. The van der Waals surface area contributed by atoms with E-state index in [-0.39, 0.29) is 5.41 Å². The summed E-state index contributed by atoms with van der Waals surface area (Å²) in [5.41, 5.74) is 7.52. The zero-order chi connectivity index (χ0) is 15.6. The average Bonchev–Trinajstić information content (AvgIpc) is 2.45. The zero-order valence-electron chi connectivity index (χ0n) is 13.1. The van der Waals surface area contributed by atoms with Crippen LogP contribution >= 0.6 is 0 Å². The summed E-state index contributed by atoms with van der Waals surface area (Å²) in [4.78, 5) is 8.95. The van der Waals surface area contributed by atoms with Crippen molar-refractivity contribution in [3.63, 3.8) is 0 Å². The maximum atomic E-state index is 5.92. The van der Waals surface area contributed by atoms with Crippen molar-refractivity contribution in [2.24, 2.45) is 0 Å². The number of hydrogen-bond donors (Lipinski definition) is 1. The molecular formula is C16H21N3O2. The smallest absolute Gasteiger partial charge is 0.162 e. The molecule has 2 rings (SSSR count). The zero-order valence-corrected chi connectivity index (χ0v) is 13.1. The number of nitrogens with two attached hydrogens (primary N) is 1. The first-order valence-electron chi connectivity index (χ1n) is 6.72. The minimum absolute atomic E-state index is 0.102. The Kier molecular flexibility index (Phi) is 4.02. The monoisotopic (exact) mass is 287 g/mol. The highest BCUT2D eigenvalue weighted by Crippen LogP contribution is 2.30. The van der Waals surface area contributed by atoms with Gasteiger partial charge in [-0.2, -0.15) is 0 Å². The summed E-state index contributed by atoms with van der Waals surface area (Å²) in [5.74, 6) is 2.39. The minimum atomic E-state index is -0.102. The van der Waals surface area contributed by atoms with Gasteiger partial charge in [0, 0.05) is 23.1 Å². The molecule has 0 aliphatic rings. The van der Waals surface area contributed by atoms with Gasteiger partial charge < -0.3 is 15.2 Å². The summed E-state index contributed by atoms with van der Waals surface area (Å²) in [7, 11) is 3.22.